The fourth-order valence-electron chi connectivity index (χ4n) is 1.55. The SMILES string of the molecule is CN(c1nccnc1Cl)[C@H]1CCSC1. The smallest absolute Gasteiger partial charge is 0.171 e. The van der Waals surface area contributed by atoms with E-state index < -0.39 is 0 Å². The molecule has 0 spiro atoms. The Morgan fingerprint density at radius 3 is 2.93 bits per heavy atom. The molecule has 0 amide bonds. The monoisotopic (exact) mass is 229 g/mol. The summed E-state index contributed by atoms with van der Waals surface area (Å²) in [6.45, 7) is 0. The molecule has 0 unspecified atom stereocenters. The number of hydrogen-bond donors (Lipinski definition) is 0. The number of anilines is 1. The summed E-state index contributed by atoms with van der Waals surface area (Å²) < 4.78 is 0. The highest BCUT2D eigenvalue weighted by atomic mass is 35.5. The topological polar surface area (TPSA) is 29.0 Å². The van der Waals surface area contributed by atoms with Gasteiger partial charge in [-0.2, -0.15) is 11.8 Å². The van der Waals surface area contributed by atoms with Crippen LogP contribution in [0.25, 0.3) is 0 Å². The van der Waals surface area contributed by atoms with E-state index >= 15 is 0 Å². The van der Waals surface area contributed by atoms with Crippen molar-refractivity contribution in [3.05, 3.63) is 17.5 Å². The summed E-state index contributed by atoms with van der Waals surface area (Å²) >= 11 is 7.95. The zero-order valence-corrected chi connectivity index (χ0v) is 9.55. The van der Waals surface area contributed by atoms with Crippen molar-refractivity contribution in [1.82, 2.24) is 9.97 Å². The molecular formula is C9H12ClN3S. The molecule has 0 aliphatic carbocycles. The third-order valence-electron chi connectivity index (χ3n) is 2.42. The summed E-state index contributed by atoms with van der Waals surface area (Å²) in [6.07, 6.45) is 4.50. The molecule has 0 saturated carbocycles. The van der Waals surface area contributed by atoms with Crippen LogP contribution in [0, 0.1) is 0 Å². The number of nitrogens with zero attached hydrogens (tertiary/aromatic N) is 3. The minimum absolute atomic E-state index is 0.493. The lowest BCUT2D eigenvalue weighted by Crippen LogP contribution is -2.32. The highest BCUT2D eigenvalue weighted by Crippen LogP contribution is 2.27. The standard InChI is InChI=1S/C9H12ClN3S/c1-13(7-2-5-14-6-7)9-8(10)11-3-4-12-9/h3-4,7H,2,5-6H2,1H3/t7-/m0/s1. The van der Waals surface area contributed by atoms with Gasteiger partial charge in [-0.15, -0.1) is 0 Å². The van der Waals surface area contributed by atoms with Crippen LogP contribution in [0.5, 0.6) is 0 Å². The minimum Gasteiger partial charge on any atom is -0.353 e. The van der Waals surface area contributed by atoms with Crippen LogP contribution in [0.15, 0.2) is 12.4 Å². The summed E-state index contributed by atoms with van der Waals surface area (Å²) in [4.78, 5) is 10.4. The Hall–Kier alpha value is -0.480. The van der Waals surface area contributed by atoms with Crippen LogP contribution in [-0.4, -0.2) is 34.6 Å². The van der Waals surface area contributed by atoms with Crippen molar-refractivity contribution in [2.45, 2.75) is 12.5 Å². The van der Waals surface area contributed by atoms with Crippen molar-refractivity contribution < 1.29 is 0 Å². The molecule has 1 fully saturated rings. The molecule has 0 aromatic carbocycles. The maximum atomic E-state index is 5.98. The average molecular weight is 230 g/mol. The van der Waals surface area contributed by atoms with Crippen LogP contribution in [0.4, 0.5) is 5.82 Å². The summed E-state index contributed by atoms with van der Waals surface area (Å²) in [5.41, 5.74) is 0. The molecule has 14 heavy (non-hydrogen) atoms. The molecular weight excluding hydrogens is 218 g/mol. The van der Waals surface area contributed by atoms with Crippen LogP contribution >= 0.6 is 23.4 Å². The fourth-order valence-corrected chi connectivity index (χ4v) is 3.06. The lowest BCUT2D eigenvalue weighted by atomic mass is 10.2. The van der Waals surface area contributed by atoms with Gasteiger partial charge in [-0.3, -0.25) is 0 Å². The van der Waals surface area contributed by atoms with Gasteiger partial charge in [0.1, 0.15) is 0 Å². The summed E-state index contributed by atoms with van der Waals surface area (Å²) in [5.74, 6) is 3.18. The number of rotatable bonds is 2. The molecule has 1 aromatic rings. The van der Waals surface area contributed by atoms with E-state index in [9.17, 15) is 0 Å². The van der Waals surface area contributed by atoms with E-state index in [0.29, 0.717) is 11.2 Å². The molecule has 0 N–H and O–H groups in total. The molecule has 5 heteroatoms. The first-order valence-electron chi connectivity index (χ1n) is 4.56. The van der Waals surface area contributed by atoms with Crippen molar-refractivity contribution in [2.24, 2.45) is 0 Å². The number of thioether (sulfide) groups is 1. The van der Waals surface area contributed by atoms with Gasteiger partial charge in [0.25, 0.3) is 0 Å². The van der Waals surface area contributed by atoms with Gasteiger partial charge in [-0.1, -0.05) is 11.6 Å². The predicted molar refractivity (Wildman–Crippen MR) is 61.2 cm³/mol. The van der Waals surface area contributed by atoms with Crippen LogP contribution in [0.1, 0.15) is 6.42 Å². The lowest BCUT2D eigenvalue weighted by Gasteiger charge is -2.24. The molecule has 76 valence electrons. The summed E-state index contributed by atoms with van der Waals surface area (Å²) in [7, 11) is 2.03. The molecule has 0 radical (unpaired) electrons. The number of aromatic nitrogens is 2. The third kappa shape index (κ3) is 1.96. The van der Waals surface area contributed by atoms with Gasteiger partial charge in [0, 0.05) is 31.2 Å². The fraction of sp³-hybridized carbons (Fsp3) is 0.556. The first kappa shape index (κ1) is 10.1. The van der Waals surface area contributed by atoms with E-state index in [4.69, 9.17) is 11.6 Å². The second kappa shape index (κ2) is 4.36. The van der Waals surface area contributed by atoms with E-state index in [1.165, 1.54) is 12.2 Å². The lowest BCUT2D eigenvalue weighted by molar-refractivity contribution is 0.690. The average Bonchev–Trinajstić information content (AvgIpc) is 2.70. The Labute approximate surface area is 92.9 Å². The Morgan fingerprint density at radius 2 is 2.29 bits per heavy atom. The van der Waals surface area contributed by atoms with E-state index in [1.807, 2.05) is 18.8 Å². The van der Waals surface area contributed by atoms with Gasteiger partial charge < -0.3 is 4.90 Å². The van der Waals surface area contributed by atoms with Gasteiger partial charge in [-0.05, 0) is 12.2 Å². The van der Waals surface area contributed by atoms with Crippen LogP contribution in [0.3, 0.4) is 0 Å². The normalized spacial score (nSPS) is 21.1. The van der Waals surface area contributed by atoms with Gasteiger partial charge >= 0.3 is 0 Å². The van der Waals surface area contributed by atoms with Crippen molar-refractivity contribution in [3.63, 3.8) is 0 Å². The van der Waals surface area contributed by atoms with Crippen molar-refractivity contribution in [3.8, 4) is 0 Å². The van der Waals surface area contributed by atoms with E-state index in [1.54, 1.807) is 12.4 Å². The molecule has 1 saturated heterocycles. The van der Waals surface area contributed by atoms with E-state index in [-0.39, 0.29) is 0 Å². The van der Waals surface area contributed by atoms with Gasteiger partial charge in [-0.25, -0.2) is 9.97 Å². The van der Waals surface area contributed by atoms with Gasteiger partial charge in [0.15, 0.2) is 11.0 Å². The van der Waals surface area contributed by atoms with Crippen LogP contribution in [0.2, 0.25) is 5.15 Å². The third-order valence-corrected chi connectivity index (χ3v) is 3.83. The van der Waals surface area contributed by atoms with Crippen molar-refractivity contribution in [1.29, 1.82) is 0 Å². The zero-order chi connectivity index (χ0) is 9.97. The van der Waals surface area contributed by atoms with Gasteiger partial charge in [0.2, 0.25) is 0 Å². The van der Waals surface area contributed by atoms with E-state index in [2.05, 4.69) is 14.9 Å². The molecule has 2 heterocycles. The maximum Gasteiger partial charge on any atom is 0.171 e. The zero-order valence-electron chi connectivity index (χ0n) is 7.98. The van der Waals surface area contributed by atoms with Gasteiger partial charge in [0.05, 0.1) is 0 Å². The highest BCUT2D eigenvalue weighted by Gasteiger charge is 2.22. The van der Waals surface area contributed by atoms with Crippen LogP contribution < -0.4 is 4.90 Å². The predicted octanol–water partition coefficient (Wildman–Crippen LogP) is 2.07. The molecule has 3 nitrogen and oxygen atoms in total. The van der Waals surface area contributed by atoms with Crippen molar-refractivity contribution >= 4 is 29.2 Å². The Morgan fingerprint density at radius 1 is 1.50 bits per heavy atom. The Bertz CT molecular complexity index is 315. The largest absolute Gasteiger partial charge is 0.353 e. The Kier molecular flexibility index (Phi) is 3.13. The number of halogens is 1. The molecule has 1 atom stereocenters. The molecule has 1 aromatic heterocycles. The Balaban J connectivity index is 2.17. The number of hydrogen-bond acceptors (Lipinski definition) is 4. The maximum absolute atomic E-state index is 5.98. The minimum atomic E-state index is 0.493. The highest BCUT2D eigenvalue weighted by molar-refractivity contribution is 7.99. The second-order valence-electron chi connectivity index (χ2n) is 3.30. The van der Waals surface area contributed by atoms with E-state index in [0.717, 1.165) is 11.6 Å². The molecule has 2 rings (SSSR count). The summed E-state index contributed by atoms with van der Waals surface area (Å²) in [6, 6.07) is 0.550. The summed E-state index contributed by atoms with van der Waals surface area (Å²) in [5, 5.41) is 0.493. The molecule has 0 bridgehead atoms. The first-order chi connectivity index (χ1) is 6.79. The molecule has 1 aliphatic heterocycles. The molecule has 1 aliphatic rings. The van der Waals surface area contributed by atoms with Crippen LogP contribution in [-0.2, 0) is 0 Å². The first-order valence-corrected chi connectivity index (χ1v) is 6.09. The quantitative estimate of drug-likeness (QED) is 0.777. The van der Waals surface area contributed by atoms with Crippen molar-refractivity contribution in [2.75, 3.05) is 23.5 Å². The second-order valence-corrected chi connectivity index (χ2v) is 4.81.